The van der Waals surface area contributed by atoms with E-state index in [0.29, 0.717) is 30.1 Å². The fourth-order valence-corrected chi connectivity index (χ4v) is 10.1. The fourth-order valence-electron chi connectivity index (χ4n) is 10.1. The average molecular weight is 458 g/mol. The van der Waals surface area contributed by atoms with E-state index in [2.05, 4.69) is 66.8 Å². The van der Waals surface area contributed by atoms with Gasteiger partial charge in [-0.15, -0.1) is 0 Å². The standard InChI is InChI=1S/C30H51NO2/c1-20(2)10-9-16-30(8,33)22-13-18-28(6)21(22)11-12-24-27(5)17-15-25(32)31-26(3,4)23(27)14-19-29(24,28)7/h10,21-24,33H,9,11-19H2,1-8H3,(H,31,32)/t21-,22+,23+,24-,27+,28-,29-,30+/m1/s1. The second-order valence-electron chi connectivity index (χ2n) is 14.3. The predicted molar refractivity (Wildman–Crippen MR) is 137 cm³/mol. The van der Waals surface area contributed by atoms with E-state index in [-0.39, 0.29) is 27.7 Å². The number of rotatable bonds is 4. The Balaban J connectivity index is 1.63. The molecule has 1 amide bonds. The minimum absolute atomic E-state index is 0.131. The molecule has 3 nitrogen and oxygen atoms in total. The highest BCUT2D eigenvalue weighted by atomic mass is 16.3. The minimum atomic E-state index is -0.584. The summed E-state index contributed by atoms with van der Waals surface area (Å²) >= 11 is 0. The van der Waals surface area contributed by atoms with Gasteiger partial charge in [-0.3, -0.25) is 4.79 Å². The van der Waals surface area contributed by atoms with E-state index in [4.69, 9.17) is 0 Å². The number of carbonyl (C=O) groups excluding carboxylic acids is 1. The number of carbonyl (C=O) groups is 1. The van der Waals surface area contributed by atoms with Gasteiger partial charge >= 0.3 is 0 Å². The first kappa shape index (κ1) is 25.3. The van der Waals surface area contributed by atoms with Gasteiger partial charge in [0, 0.05) is 12.0 Å². The first-order valence-electron chi connectivity index (χ1n) is 13.8. The predicted octanol–water partition coefficient (Wildman–Crippen LogP) is 7.04. The van der Waals surface area contributed by atoms with Crippen LogP contribution < -0.4 is 5.32 Å². The van der Waals surface area contributed by atoms with Gasteiger partial charge in [0.25, 0.3) is 0 Å². The lowest BCUT2D eigenvalue weighted by Crippen LogP contribution is -2.63. The SMILES string of the molecule is CC(C)=CCC[C@](C)(O)[C@H]1CC[C@]2(C)[C@@H]1CC[C@@H]1[C@@]3(C)CCC(=O)NC(C)(C)[C@@H]3CC[C@]12C. The van der Waals surface area contributed by atoms with Crippen molar-refractivity contribution in [2.45, 2.75) is 131 Å². The molecule has 1 aliphatic heterocycles. The largest absolute Gasteiger partial charge is 0.390 e. The Morgan fingerprint density at radius 2 is 1.67 bits per heavy atom. The lowest BCUT2D eigenvalue weighted by Gasteiger charge is -2.67. The molecule has 8 atom stereocenters. The maximum atomic E-state index is 12.6. The number of hydrogen-bond donors (Lipinski definition) is 2. The van der Waals surface area contributed by atoms with Gasteiger partial charge < -0.3 is 10.4 Å². The normalized spacial score (nSPS) is 46.2. The Morgan fingerprint density at radius 1 is 1.00 bits per heavy atom. The summed E-state index contributed by atoms with van der Waals surface area (Å²) in [7, 11) is 0. The van der Waals surface area contributed by atoms with Crippen LogP contribution in [-0.4, -0.2) is 22.2 Å². The van der Waals surface area contributed by atoms with Crippen molar-refractivity contribution in [3.8, 4) is 0 Å². The first-order valence-corrected chi connectivity index (χ1v) is 13.8. The van der Waals surface area contributed by atoms with Crippen molar-refractivity contribution >= 4 is 5.91 Å². The van der Waals surface area contributed by atoms with E-state index in [1.54, 1.807) is 0 Å². The summed E-state index contributed by atoms with van der Waals surface area (Å²) in [4.78, 5) is 12.6. The van der Waals surface area contributed by atoms with Crippen molar-refractivity contribution in [1.82, 2.24) is 5.32 Å². The molecular weight excluding hydrogens is 406 g/mol. The Bertz CT molecular complexity index is 808. The van der Waals surface area contributed by atoms with Crippen LogP contribution in [0.4, 0.5) is 0 Å². The van der Waals surface area contributed by atoms with Crippen LogP contribution in [0.2, 0.25) is 0 Å². The van der Waals surface area contributed by atoms with Gasteiger partial charge in [-0.05, 0) is 132 Å². The molecule has 188 valence electrons. The summed E-state index contributed by atoms with van der Waals surface area (Å²) in [5, 5.41) is 15.0. The second kappa shape index (κ2) is 8.10. The Hall–Kier alpha value is -0.830. The van der Waals surface area contributed by atoms with Crippen molar-refractivity contribution < 1.29 is 9.90 Å². The highest BCUT2D eigenvalue weighted by molar-refractivity contribution is 5.77. The molecule has 0 aromatic rings. The van der Waals surface area contributed by atoms with Crippen molar-refractivity contribution in [2.75, 3.05) is 0 Å². The van der Waals surface area contributed by atoms with Crippen LogP contribution in [0, 0.1) is 39.9 Å². The molecule has 0 radical (unpaired) electrons. The zero-order valence-electron chi connectivity index (χ0n) is 22.8. The maximum Gasteiger partial charge on any atom is 0.220 e. The quantitative estimate of drug-likeness (QED) is 0.445. The number of amides is 1. The highest BCUT2D eigenvalue weighted by Gasteiger charge is 2.68. The van der Waals surface area contributed by atoms with E-state index in [9.17, 15) is 9.90 Å². The Labute approximate surface area is 203 Å². The van der Waals surface area contributed by atoms with Crippen molar-refractivity contribution in [2.24, 2.45) is 39.9 Å². The van der Waals surface area contributed by atoms with Crippen LogP contribution in [0.25, 0.3) is 0 Å². The monoisotopic (exact) mass is 457 g/mol. The molecule has 4 fully saturated rings. The summed E-state index contributed by atoms with van der Waals surface area (Å²) in [6.07, 6.45) is 13.2. The van der Waals surface area contributed by atoms with Gasteiger partial charge in [0.05, 0.1) is 5.60 Å². The van der Waals surface area contributed by atoms with E-state index < -0.39 is 5.60 Å². The third kappa shape index (κ3) is 3.83. The number of allylic oxidation sites excluding steroid dienone is 2. The van der Waals surface area contributed by atoms with Crippen molar-refractivity contribution in [3.05, 3.63) is 11.6 Å². The molecule has 0 spiro atoms. The Kier molecular flexibility index (Phi) is 6.21. The summed E-state index contributed by atoms with van der Waals surface area (Å²) in [6.45, 7) is 18.7. The molecule has 0 aromatic carbocycles. The molecular formula is C30H51NO2. The van der Waals surface area contributed by atoms with Gasteiger partial charge in [-0.1, -0.05) is 32.4 Å². The van der Waals surface area contributed by atoms with Crippen LogP contribution in [-0.2, 0) is 4.79 Å². The zero-order valence-corrected chi connectivity index (χ0v) is 22.8. The average Bonchev–Trinajstić information content (AvgIpc) is 3.01. The minimum Gasteiger partial charge on any atom is -0.390 e. The van der Waals surface area contributed by atoms with Gasteiger partial charge in [-0.25, -0.2) is 0 Å². The van der Waals surface area contributed by atoms with E-state index in [1.165, 1.54) is 37.7 Å². The van der Waals surface area contributed by atoms with Crippen LogP contribution >= 0.6 is 0 Å². The highest BCUT2D eigenvalue weighted by Crippen LogP contribution is 2.74. The molecule has 4 rings (SSSR count). The molecule has 2 N–H and O–H groups in total. The van der Waals surface area contributed by atoms with Crippen molar-refractivity contribution in [1.29, 1.82) is 0 Å². The topological polar surface area (TPSA) is 49.3 Å². The number of nitrogens with one attached hydrogen (secondary N) is 1. The van der Waals surface area contributed by atoms with Crippen LogP contribution in [0.1, 0.15) is 120 Å². The Morgan fingerprint density at radius 3 is 2.33 bits per heavy atom. The van der Waals surface area contributed by atoms with Gasteiger partial charge in [0.15, 0.2) is 0 Å². The fraction of sp³-hybridized carbons (Fsp3) is 0.900. The third-order valence-electron chi connectivity index (χ3n) is 11.9. The zero-order chi connectivity index (χ0) is 24.4. The lowest BCUT2D eigenvalue weighted by molar-refractivity contribution is -0.189. The number of aliphatic hydroxyl groups is 1. The third-order valence-corrected chi connectivity index (χ3v) is 11.9. The number of fused-ring (bicyclic) bond motifs is 5. The molecule has 1 saturated heterocycles. The summed E-state index contributed by atoms with van der Waals surface area (Å²) in [5.41, 5.74) is 1.40. The molecule has 3 saturated carbocycles. The van der Waals surface area contributed by atoms with E-state index >= 15 is 0 Å². The summed E-state index contributed by atoms with van der Waals surface area (Å²) in [5.74, 6) is 2.46. The lowest BCUT2D eigenvalue weighted by atomic mass is 9.37. The molecule has 1 heterocycles. The number of hydrogen-bond acceptors (Lipinski definition) is 2. The molecule has 3 heteroatoms. The molecule has 0 aromatic heterocycles. The van der Waals surface area contributed by atoms with Crippen LogP contribution in [0.15, 0.2) is 11.6 Å². The smallest absolute Gasteiger partial charge is 0.220 e. The van der Waals surface area contributed by atoms with E-state index in [0.717, 1.165) is 25.7 Å². The van der Waals surface area contributed by atoms with Gasteiger partial charge in [-0.2, -0.15) is 0 Å². The van der Waals surface area contributed by atoms with Crippen molar-refractivity contribution in [3.63, 3.8) is 0 Å². The molecule has 3 aliphatic carbocycles. The summed E-state index contributed by atoms with van der Waals surface area (Å²) in [6, 6.07) is 0. The van der Waals surface area contributed by atoms with Gasteiger partial charge in [0.2, 0.25) is 5.91 Å². The second-order valence-corrected chi connectivity index (χ2v) is 14.3. The first-order chi connectivity index (χ1) is 15.2. The molecule has 0 bridgehead atoms. The molecule has 4 aliphatic rings. The molecule has 33 heavy (non-hydrogen) atoms. The van der Waals surface area contributed by atoms with Crippen LogP contribution in [0.5, 0.6) is 0 Å². The van der Waals surface area contributed by atoms with E-state index in [1.807, 2.05) is 0 Å². The summed E-state index contributed by atoms with van der Waals surface area (Å²) < 4.78 is 0. The maximum absolute atomic E-state index is 12.6. The van der Waals surface area contributed by atoms with Crippen LogP contribution in [0.3, 0.4) is 0 Å². The molecule has 0 unspecified atom stereocenters. The van der Waals surface area contributed by atoms with Gasteiger partial charge in [0.1, 0.15) is 0 Å².